The predicted octanol–water partition coefficient (Wildman–Crippen LogP) is 0.581. The first-order valence-electron chi connectivity index (χ1n) is 8.84. The van der Waals surface area contributed by atoms with Gasteiger partial charge in [0.25, 0.3) is 5.91 Å². The molecule has 1 heterocycles. The summed E-state index contributed by atoms with van der Waals surface area (Å²) in [7, 11) is 1.47. The zero-order chi connectivity index (χ0) is 20.8. The third-order valence-corrected chi connectivity index (χ3v) is 4.02. The van der Waals surface area contributed by atoms with Crippen molar-refractivity contribution in [3.63, 3.8) is 0 Å². The maximum absolute atomic E-state index is 12.3. The van der Waals surface area contributed by atoms with Gasteiger partial charge in [-0.15, -0.1) is 0 Å². The van der Waals surface area contributed by atoms with Crippen molar-refractivity contribution in [2.45, 2.75) is 19.6 Å². The summed E-state index contributed by atoms with van der Waals surface area (Å²) in [6.07, 6.45) is -0.690. The van der Waals surface area contributed by atoms with Crippen LogP contribution in [0.2, 0.25) is 0 Å². The largest absolute Gasteiger partial charge is 0.481 e. The number of tetrazole rings is 1. The number of amides is 2. The molecule has 0 saturated carbocycles. The number of carbonyl (C=O) groups is 2. The molecule has 0 spiro atoms. The lowest BCUT2D eigenvalue weighted by Crippen LogP contribution is -2.31. The minimum atomic E-state index is -0.690. The fourth-order valence-corrected chi connectivity index (χ4v) is 2.44. The molecule has 0 aliphatic rings. The van der Waals surface area contributed by atoms with Crippen molar-refractivity contribution in [1.29, 1.82) is 0 Å². The molecule has 10 nitrogen and oxygen atoms in total. The number of para-hydroxylation sites is 1. The second kappa shape index (κ2) is 8.83. The Balaban J connectivity index is 1.65. The summed E-state index contributed by atoms with van der Waals surface area (Å²) in [5.41, 5.74) is 0.438. The van der Waals surface area contributed by atoms with Crippen LogP contribution in [0.25, 0.3) is 5.69 Å². The molecular formula is C19H20N6O4. The molecule has 0 unspecified atom stereocenters. The van der Waals surface area contributed by atoms with Gasteiger partial charge in [-0.25, -0.2) is 4.79 Å². The Morgan fingerprint density at radius 3 is 2.41 bits per heavy atom. The Hall–Kier alpha value is -3.95. The van der Waals surface area contributed by atoms with E-state index in [1.54, 1.807) is 43.3 Å². The second-order valence-electron chi connectivity index (χ2n) is 6.11. The quantitative estimate of drug-likeness (QED) is 0.603. The predicted molar refractivity (Wildman–Crippen MR) is 105 cm³/mol. The van der Waals surface area contributed by atoms with Crippen molar-refractivity contribution in [2.24, 2.45) is 0 Å². The number of likely N-dealkylation sites (N-methyl/N-ethyl adjacent to an activating group) is 1. The van der Waals surface area contributed by atoms with Crippen molar-refractivity contribution < 1.29 is 14.3 Å². The maximum Gasteiger partial charge on any atom is 0.368 e. The van der Waals surface area contributed by atoms with Crippen LogP contribution in [0, 0.1) is 0 Å². The highest BCUT2D eigenvalue weighted by molar-refractivity contribution is 5.94. The molecular weight excluding hydrogens is 376 g/mol. The van der Waals surface area contributed by atoms with Crippen molar-refractivity contribution in [1.82, 2.24) is 25.1 Å². The van der Waals surface area contributed by atoms with E-state index in [0.29, 0.717) is 17.1 Å². The number of anilines is 1. The van der Waals surface area contributed by atoms with E-state index >= 15 is 0 Å². The highest BCUT2D eigenvalue weighted by atomic mass is 16.5. The smallest absolute Gasteiger partial charge is 0.368 e. The molecule has 0 radical (unpaired) electrons. The van der Waals surface area contributed by atoms with E-state index in [0.717, 1.165) is 9.36 Å². The molecule has 0 aliphatic heterocycles. The first-order valence-corrected chi connectivity index (χ1v) is 8.84. The van der Waals surface area contributed by atoms with Crippen LogP contribution in [0.5, 0.6) is 5.75 Å². The van der Waals surface area contributed by atoms with E-state index in [1.165, 1.54) is 7.05 Å². The van der Waals surface area contributed by atoms with Crippen LogP contribution < -0.4 is 21.1 Å². The van der Waals surface area contributed by atoms with Crippen molar-refractivity contribution in [2.75, 3.05) is 12.4 Å². The van der Waals surface area contributed by atoms with E-state index in [9.17, 15) is 14.4 Å². The molecule has 0 fully saturated rings. The molecule has 2 N–H and O–H groups in total. The number of rotatable bonds is 7. The lowest BCUT2D eigenvalue weighted by Gasteiger charge is -2.14. The number of aromatic nitrogens is 4. The van der Waals surface area contributed by atoms with Gasteiger partial charge in [0.2, 0.25) is 5.91 Å². The van der Waals surface area contributed by atoms with Crippen LogP contribution in [0.1, 0.15) is 6.92 Å². The zero-order valence-electron chi connectivity index (χ0n) is 15.9. The number of nitrogens with zero attached hydrogens (tertiary/aromatic N) is 4. The maximum atomic E-state index is 12.3. The summed E-state index contributed by atoms with van der Waals surface area (Å²) in [6.45, 7) is 1.43. The third kappa shape index (κ3) is 4.86. The van der Waals surface area contributed by atoms with Gasteiger partial charge >= 0.3 is 5.69 Å². The average Bonchev–Trinajstić information content (AvgIpc) is 3.09. The van der Waals surface area contributed by atoms with E-state index in [-0.39, 0.29) is 18.4 Å². The second-order valence-corrected chi connectivity index (χ2v) is 6.11. The van der Waals surface area contributed by atoms with E-state index in [1.807, 2.05) is 18.2 Å². The van der Waals surface area contributed by atoms with Gasteiger partial charge in [-0.1, -0.05) is 18.2 Å². The van der Waals surface area contributed by atoms with Gasteiger partial charge in [0.15, 0.2) is 6.10 Å². The molecule has 1 aromatic heterocycles. The standard InChI is InChI=1S/C19H20N6O4/c1-13(29-16-6-4-3-5-7-16)18(27)21-14-8-10-15(11-9-14)25-19(28)24(22-23-25)12-17(26)20-2/h3-11,13H,12H2,1-2H3,(H,20,26)(H,21,27)/t13-/m1/s1. The summed E-state index contributed by atoms with van der Waals surface area (Å²) >= 11 is 0. The molecule has 0 aliphatic carbocycles. The fraction of sp³-hybridized carbons (Fsp3) is 0.211. The summed E-state index contributed by atoms with van der Waals surface area (Å²) < 4.78 is 7.61. The number of benzene rings is 2. The van der Waals surface area contributed by atoms with Crippen LogP contribution in [-0.2, 0) is 16.1 Å². The van der Waals surface area contributed by atoms with Crippen LogP contribution in [0.4, 0.5) is 5.69 Å². The Bertz CT molecular complexity index is 1040. The minimum absolute atomic E-state index is 0.219. The Labute approximate surface area is 166 Å². The number of carbonyl (C=O) groups excluding carboxylic acids is 2. The number of ether oxygens (including phenoxy) is 1. The SMILES string of the molecule is CNC(=O)Cn1nnn(-c2ccc(NC(=O)[C@@H](C)Oc3ccccc3)cc2)c1=O. The first kappa shape index (κ1) is 19.8. The molecule has 1 atom stereocenters. The van der Waals surface area contributed by atoms with E-state index in [2.05, 4.69) is 21.1 Å². The van der Waals surface area contributed by atoms with E-state index < -0.39 is 11.8 Å². The van der Waals surface area contributed by atoms with Crippen LogP contribution in [-0.4, -0.2) is 44.8 Å². The third-order valence-electron chi connectivity index (χ3n) is 4.02. The van der Waals surface area contributed by atoms with Gasteiger partial charge in [0.1, 0.15) is 12.3 Å². The van der Waals surface area contributed by atoms with Crippen LogP contribution in [0.15, 0.2) is 59.4 Å². The van der Waals surface area contributed by atoms with Crippen molar-refractivity contribution in [3.05, 3.63) is 65.1 Å². The van der Waals surface area contributed by atoms with Crippen LogP contribution in [0.3, 0.4) is 0 Å². The lowest BCUT2D eigenvalue weighted by molar-refractivity contribution is -0.122. The zero-order valence-corrected chi connectivity index (χ0v) is 15.9. The van der Waals surface area contributed by atoms with Crippen molar-refractivity contribution >= 4 is 17.5 Å². The normalized spacial score (nSPS) is 11.5. The molecule has 0 saturated heterocycles. The molecule has 0 bridgehead atoms. The number of nitrogens with one attached hydrogen (secondary N) is 2. The monoisotopic (exact) mass is 396 g/mol. The Kier molecular flexibility index (Phi) is 6.03. The van der Waals surface area contributed by atoms with Gasteiger partial charge in [-0.3, -0.25) is 9.59 Å². The fourth-order valence-electron chi connectivity index (χ4n) is 2.44. The summed E-state index contributed by atoms with van der Waals surface area (Å²) in [6, 6.07) is 15.5. The van der Waals surface area contributed by atoms with Crippen LogP contribution >= 0.6 is 0 Å². The highest BCUT2D eigenvalue weighted by Crippen LogP contribution is 2.14. The minimum Gasteiger partial charge on any atom is -0.481 e. The summed E-state index contributed by atoms with van der Waals surface area (Å²) in [4.78, 5) is 36.0. The first-order chi connectivity index (χ1) is 14.0. The Morgan fingerprint density at radius 1 is 1.07 bits per heavy atom. The van der Waals surface area contributed by atoms with Gasteiger partial charge in [0.05, 0.1) is 5.69 Å². The summed E-state index contributed by atoms with van der Waals surface area (Å²) in [5.74, 6) is -0.0657. The topological polar surface area (TPSA) is 120 Å². The van der Waals surface area contributed by atoms with Gasteiger partial charge < -0.3 is 15.4 Å². The van der Waals surface area contributed by atoms with Crippen molar-refractivity contribution in [3.8, 4) is 11.4 Å². The van der Waals surface area contributed by atoms with E-state index in [4.69, 9.17) is 4.74 Å². The molecule has 3 aromatic rings. The molecule has 10 heteroatoms. The van der Waals surface area contributed by atoms with Gasteiger partial charge in [-0.2, -0.15) is 9.36 Å². The molecule has 2 aromatic carbocycles. The molecule has 3 rings (SSSR count). The van der Waals surface area contributed by atoms with Gasteiger partial charge in [0, 0.05) is 12.7 Å². The number of hydrogen-bond donors (Lipinski definition) is 2. The lowest BCUT2D eigenvalue weighted by atomic mass is 10.2. The molecule has 29 heavy (non-hydrogen) atoms. The Morgan fingerprint density at radius 2 is 1.76 bits per heavy atom. The molecule has 2 amide bonds. The number of hydrogen-bond acceptors (Lipinski definition) is 6. The highest BCUT2D eigenvalue weighted by Gasteiger charge is 2.15. The summed E-state index contributed by atoms with van der Waals surface area (Å²) in [5, 5.41) is 12.6. The average molecular weight is 396 g/mol. The molecule has 150 valence electrons. The van der Waals surface area contributed by atoms with Gasteiger partial charge in [-0.05, 0) is 53.7 Å².